The van der Waals surface area contributed by atoms with Gasteiger partial charge in [-0.15, -0.1) is 0 Å². The highest BCUT2D eigenvalue weighted by Gasteiger charge is 2.16. The number of rotatable bonds is 2. The van der Waals surface area contributed by atoms with E-state index in [1.807, 2.05) is 27.7 Å². The summed E-state index contributed by atoms with van der Waals surface area (Å²) in [5.41, 5.74) is 1.72. The summed E-state index contributed by atoms with van der Waals surface area (Å²) in [4.78, 5) is 0. The first-order valence-electron chi connectivity index (χ1n) is 4.88. The molecule has 1 radical (unpaired) electrons. The van der Waals surface area contributed by atoms with E-state index in [0.29, 0.717) is 16.7 Å². The maximum Gasteiger partial charge on any atom is 0.124 e. The van der Waals surface area contributed by atoms with E-state index in [1.54, 1.807) is 6.07 Å². The third-order valence-corrected chi connectivity index (χ3v) is 2.63. The SMILES string of the molecule is CC(C)c1c[c]c(Cl)c(C(C)C)c1O. The van der Waals surface area contributed by atoms with E-state index in [4.69, 9.17) is 11.6 Å². The molecule has 1 N–H and O–H groups in total. The Bertz CT molecular complexity index is 329. The molecule has 0 amide bonds. The van der Waals surface area contributed by atoms with Gasteiger partial charge in [-0.1, -0.05) is 39.3 Å². The van der Waals surface area contributed by atoms with Crippen LogP contribution in [0.4, 0.5) is 0 Å². The molecule has 0 fully saturated rings. The fraction of sp³-hybridized carbons (Fsp3) is 0.500. The summed E-state index contributed by atoms with van der Waals surface area (Å²) in [7, 11) is 0. The van der Waals surface area contributed by atoms with Crippen LogP contribution in [0.2, 0.25) is 5.02 Å². The van der Waals surface area contributed by atoms with Crippen molar-refractivity contribution in [1.29, 1.82) is 0 Å². The fourth-order valence-corrected chi connectivity index (χ4v) is 1.88. The number of phenolic OH excluding ortho intramolecular Hbond substituents is 1. The molecule has 0 heterocycles. The van der Waals surface area contributed by atoms with Crippen LogP contribution in [0.1, 0.15) is 50.7 Å². The molecule has 0 spiro atoms. The van der Waals surface area contributed by atoms with Crippen LogP contribution in [0.3, 0.4) is 0 Å². The minimum atomic E-state index is 0.220. The minimum absolute atomic E-state index is 0.220. The Hall–Kier alpha value is -0.690. The van der Waals surface area contributed by atoms with Crippen molar-refractivity contribution in [3.05, 3.63) is 28.3 Å². The molecule has 1 nitrogen and oxygen atoms in total. The number of halogens is 1. The molecule has 0 atom stereocenters. The Balaban J connectivity index is 3.34. The molecule has 2 heteroatoms. The standard InChI is InChI=1S/C12H16ClO/c1-7(2)9-5-6-10(13)11(8(3)4)12(9)14/h5,7-8,14H,1-4H3. The molecular formula is C12H16ClO. The summed E-state index contributed by atoms with van der Waals surface area (Å²) >= 11 is 5.99. The molecule has 1 rings (SSSR count). The predicted octanol–water partition coefficient (Wildman–Crippen LogP) is 4.09. The van der Waals surface area contributed by atoms with Gasteiger partial charge in [0.05, 0.1) is 5.02 Å². The second kappa shape index (κ2) is 4.22. The molecule has 14 heavy (non-hydrogen) atoms. The van der Waals surface area contributed by atoms with Crippen molar-refractivity contribution < 1.29 is 5.11 Å². The van der Waals surface area contributed by atoms with Crippen molar-refractivity contribution in [2.45, 2.75) is 39.5 Å². The van der Waals surface area contributed by atoms with Gasteiger partial charge >= 0.3 is 0 Å². The third-order valence-electron chi connectivity index (χ3n) is 2.32. The molecule has 0 bridgehead atoms. The fourth-order valence-electron chi connectivity index (χ4n) is 1.51. The van der Waals surface area contributed by atoms with Crippen LogP contribution in [-0.4, -0.2) is 5.11 Å². The van der Waals surface area contributed by atoms with E-state index in [1.165, 1.54) is 0 Å². The zero-order valence-corrected chi connectivity index (χ0v) is 9.81. The molecule has 0 unspecified atom stereocenters. The second-order valence-electron chi connectivity index (χ2n) is 4.13. The van der Waals surface area contributed by atoms with Gasteiger partial charge in [-0.25, -0.2) is 0 Å². The molecular weight excluding hydrogens is 196 g/mol. The van der Waals surface area contributed by atoms with Gasteiger partial charge in [-0.05, 0) is 23.5 Å². The topological polar surface area (TPSA) is 20.2 Å². The van der Waals surface area contributed by atoms with Gasteiger partial charge in [0, 0.05) is 11.6 Å². The summed E-state index contributed by atoms with van der Waals surface area (Å²) in [6, 6.07) is 4.75. The molecule has 1 aromatic rings. The van der Waals surface area contributed by atoms with E-state index in [9.17, 15) is 5.11 Å². The number of phenols is 1. The first-order valence-corrected chi connectivity index (χ1v) is 5.25. The van der Waals surface area contributed by atoms with Gasteiger partial charge in [-0.3, -0.25) is 0 Å². The first-order chi connectivity index (χ1) is 6.45. The lowest BCUT2D eigenvalue weighted by Gasteiger charge is -2.15. The van der Waals surface area contributed by atoms with Crippen LogP contribution in [0.5, 0.6) is 5.75 Å². The summed E-state index contributed by atoms with van der Waals surface area (Å²) < 4.78 is 0. The van der Waals surface area contributed by atoms with E-state index in [-0.39, 0.29) is 5.92 Å². The van der Waals surface area contributed by atoms with E-state index in [2.05, 4.69) is 6.07 Å². The lowest BCUT2D eigenvalue weighted by Crippen LogP contribution is -1.96. The average molecular weight is 212 g/mol. The highest BCUT2D eigenvalue weighted by atomic mass is 35.5. The maximum atomic E-state index is 10.0. The van der Waals surface area contributed by atoms with Crippen molar-refractivity contribution in [3.8, 4) is 5.75 Å². The van der Waals surface area contributed by atoms with Crippen molar-refractivity contribution in [2.24, 2.45) is 0 Å². The quantitative estimate of drug-likeness (QED) is 0.781. The van der Waals surface area contributed by atoms with Crippen molar-refractivity contribution in [2.75, 3.05) is 0 Å². The maximum absolute atomic E-state index is 10.0. The molecule has 0 aliphatic carbocycles. The first kappa shape index (κ1) is 11.4. The van der Waals surface area contributed by atoms with Gasteiger partial charge in [-0.2, -0.15) is 0 Å². The Morgan fingerprint density at radius 2 is 1.79 bits per heavy atom. The monoisotopic (exact) mass is 211 g/mol. The summed E-state index contributed by atoms with van der Waals surface area (Å²) in [6.07, 6.45) is 0. The highest BCUT2D eigenvalue weighted by molar-refractivity contribution is 6.31. The lowest BCUT2D eigenvalue weighted by atomic mass is 9.94. The van der Waals surface area contributed by atoms with Crippen molar-refractivity contribution in [3.63, 3.8) is 0 Å². The Kier molecular flexibility index (Phi) is 3.43. The molecule has 0 aliphatic rings. The van der Waals surface area contributed by atoms with Crippen LogP contribution in [0.25, 0.3) is 0 Å². The highest BCUT2D eigenvalue weighted by Crippen LogP contribution is 2.37. The second-order valence-corrected chi connectivity index (χ2v) is 4.51. The molecule has 77 valence electrons. The van der Waals surface area contributed by atoms with Crippen LogP contribution >= 0.6 is 11.6 Å². The van der Waals surface area contributed by atoms with Crippen molar-refractivity contribution in [1.82, 2.24) is 0 Å². The van der Waals surface area contributed by atoms with Crippen LogP contribution < -0.4 is 0 Å². The van der Waals surface area contributed by atoms with Gasteiger partial charge < -0.3 is 5.11 Å². The van der Waals surface area contributed by atoms with Crippen LogP contribution in [0.15, 0.2) is 6.07 Å². The van der Waals surface area contributed by atoms with E-state index >= 15 is 0 Å². The van der Waals surface area contributed by atoms with Crippen molar-refractivity contribution >= 4 is 11.6 Å². The number of hydrogen-bond acceptors (Lipinski definition) is 1. The van der Waals surface area contributed by atoms with Gasteiger partial charge in [0.25, 0.3) is 0 Å². The zero-order chi connectivity index (χ0) is 10.9. The van der Waals surface area contributed by atoms with Gasteiger partial charge in [0.2, 0.25) is 0 Å². The number of benzene rings is 1. The predicted molar refractivity (Wildman–Crippen MR) is 60.1 cm³/mol. The normalized spacial score (nSPS) is 11.4. The van der Waals surface area contributed by atoms with E-state index in [0.717, 1.165) is 11.1 Å². The smallest absolute Gasteiger partial charge is 0.124 e. The lowest BCUT2D eigenvalue weighted by molar-refractivity contribution is 0.454. The summed E-state index contributed by atoms with van der Waals surface area (Å²) in [5, 5.41) is 10.5. The Labute approximate surface area is 90.7 Å². The third kappa shape index (κ3) is 2.03. The van der Waals surface area contributed by atoms with Crippen LogP contribution in [-0.2, 0) is 0 Å². The van der Waals surface area contributed by atoms with Gasteiger partial charge in [0.1, 0.15) is 5.75 Å². The minimum Gasteiger partial charge on any atom is -0.507 e. The molecule has 0 aliphatic heterocycles. The van der Waals surface area contributed by atoms with E-state index < -0.39 is 0 Å². The largest absolute Gasteiger partial charge is 0.507 e. The summed E-state index contributed by atoms with van der Waals surface area (Å²) in [6.45, 7) is 8.11. The summed E-state index contributed by atoms with van der Waals surface area (Å²) in [5.74, 6) is 0.845. The van der Waals surface area contributed by atoms with Crippen LogP contribution in [0, 0.1) is 6.07 Å². The Morgan fingerprint density at radius 3 is 2.21 bits per heavy atom. The molecule has 1 aromatic carbocycles. The molecule has 0 saturated heterocycles. The zero-order valence-electron chi connectivity index (χ0n) is 9.06. The molecule has 0 saturated carbocycles. The Morgan fingerprint density at radius 1 is 1.21 bits per heavy atom. The molecule has 0 aromatic heterocycles. The number of hydrogen-bond donors (Lipinski definition) is 1. The number of aromatic hydroxyl groups is 1. The van der Waals surface area contributed by atoms with Gasteiger partial charge in [0.15, 0.2) is 0 Å². The average Bonchev–Trinajstić information content (AvgIpc) is 2.02.